The molecule has 1 heterocycles. The Kier molecular flexibility index (Phi) is 9.90. The largest absolute Gasteiger partial charge is 0.480 e. The number of carboxylic acid groups (broad SMARTS) is 1. The standard InChI is InChI=1S/C26H31N5O7S/c1-17(27)28-23(32)13-14-24(33)29-19-11-9-18(10-12-19)16-21(26(35)36)30-25(34)22-8-5-15-31(22)39(37,38)20-6-3-2-4-7-20/h2-4,6-7,9-12,21-22H,5,8,13-16H2,1H3,(H,29,33)(H,30,34)(H,35,36)(H2,27,28,32). The van der Waals surface area contributed by atoms with Crippen LogP contribution in [0.5, 0.6) is 0 Å². The van der Waals surface area contributed by atoms with E-state index in [0.29, 0.717) is 17.7 Å². The molecule has 0 spiro atoms. The molecule has 0 bridgehead atoms. The van der Waals surface area contributed by atoms with Crippen molar-refractivity contribution in [2.24, 2.45) is 0 Å². The Labute approximate surface area is 226 Å². The minimum atomic E-state index is -3.92. The van der Waals surface area contributed by atoms with Crippen LogP contribution in [0.4, 0.5) is 5.69 Å². The SMILES string of the molecule is CC(=N)NC(=O)CCC(=O)Nc1ccc(CC(NC(=O)C2CCCN2S(=O)(=O)c2ccccc2)C(=O)O)cc1. The van der Waals surface area contributed by atoms with Crippen molar-refractivity contribution in [3.63, 3.8) is 0 Å². The van der Waals surface area contributed by atoms with Crippen LogP contribution in [0, 0.1) is 5.41 Å². The van der Waals surface area contributed by atoms with Gasteiger partial charge in [-0.3, -0.25) is 19.8 Å². The fourth-order valence-corrected chi connectivity index (χ4v) is 5.85. The number of rotatable bonds is 11. The number of carbonyl (C=O) groups is 4. The molecule has 1 aliphatic rings. The van der Waals surface area contributed by atoms with Gasteiger partial charge in [-0.05, 0) is 49.6 Å². The lowest BCUT2D eigenvalue weighted by atomic mass is 10.0. The van der Waals surface area contributed by atoms with Crippen LogP contribution in [0.15, 0.2) is 59.5 Å². The first kappa shape index (κ1) is 29.5. The Morgan fingerprint density at radius 2 is 1.67 bits per heavy atom. The molecule has 13 heteroatoms. The van der Waals surface area contributed by atoms with Gasteiger partial charge in [-0.2, -0.15) is 4.31 Å². The van der Waals surface area contributed by atoms with Gasteiger partial charge < -0.3 is 21.1 Å². The number of benzene rings is 2. The molecule has 0 radical (unpaired) electrons. The van der Waals surface area contributed by atoms with Crippen molar-refractivity contribution in [2.75, 3.05) is 11.9 Å². The van der Waals surface area contributed by atoms with Gasteiger partial charge in [0.15, 0.2) is 0 Å². The van der Waals surface area contributed by atoms with E-state index < -0.39 is 45.8 Å². The normalized spacial score (nSPS) is 16.2. The molecule has 2 unspecified atom stereocenters. The zero-order chi connectivity index (χ0) is 28.6. The molecule has 1 saturated heterocycles. The van der Waals surface area contributed by atoms with Crippen LogP contribution >= 0.6 is 0 Å². The number of sulfonamides is 1. The number of carboxylic acids is 1. The first-order valence-corrected chi connectivity index (χ1v) is 13.7. The van der Waals surface area contributed by atoms with E-state index in [0.717, 1.165) is 4.31 Å². The van der Waals surface area contributed by atoms with E-state index in [1.165, 1.54) is 19.1 Å². The molecule has 0 saturated carbocycles. The third kappa shape index (κ3) is 8.19. The summed E-state index contributed by atoms with van der Waals surface area (Å²) in [6.45, 7) is 1.58. The van der Waals surface area contributed by atoms with Crippen LogP contribution < -0.4 is 16.0 Å². The van der Waals surface area contributed by atoms with Crippen molar-refractivity contribution in [3.05, 3.63) is 60.2 Å². The van der Waals surface area contributed by atoms with E-state index in [4.69, 9.17) is 5.41 Å². The van der Waals surface area contributed by atoms with Gasteiger partial charge in [0.2, 0.25) is 27.7 Å². The van der Waals surface area contributed by atoms with Gasteiger partial charge in [0.1, 0.15) is 12.1 Å². The van der Waals surface area contributed by atoms with E-state index >= 15 is 0 Å². The quantitative estimate of drug-likeness (QED) is 0.204. The summed E-state index contributed by atoms with van der Waals surface area (Å²) in [5.74, 6) is -2.79. The van der Waals surface area contributed by atoms with Gasteiger partial charge in [-0.1, -0.05) is 30.3 Å². The Balaban J connectivity index is 1.59. The lowest BCUT2D eigenvalue weighted by Gasteiger charge is -2.25. The Hall–Kier alpha value is -4.10. The molecule has 1 fully saturated rings. The van der Waals surface area contributed by atoms with Crippen molar-refractivity contribution in [1.29, 1.82) is 5.41 Å². The van der Waals surface area contributed by atoms with Crippen LogP contribution in [0.1, 0.15) is 38.2 Å². The molecule has 12 nitrogen and oxygen atoms in total. The number of hydrogen-bond donors (Lipinski definition) is 5. The molecule has 208 valence electrons. The Bertz CT molecular complexity index is 1330. The van der Waals surface area contributed by atoms with Crippen LogP contribution in [0.3, 0.4) is 0 Å². The molecular formula is C26H31N5O7S. The summed E-state index contributed by atoms with van der Waals surface area (Å²) in [5, 5.41) is 24.3. The maximum absolute atomic E-state index is 13.1. The topological polar surface area (TPSA) is 186 Å². The lowest BCUT2D eigenvalue weighted by Crippen LogP contribution is -2.51. The van der Waals surface area contributed by atoms with E-state index in [-0.39, 0.29) is 43.0 Å². The lowest BCUT2D eigenvalue weighted by molar-refractivity contribution is -0.142. The molecule has 2 aromatic carbocycles. The summed E-state index contributed by atoms with van der Waals surface area (Å²) in [4.78, 5) is 48.6. The second-order valence-electron chi connectivity index (χ2n) is 9.11. The highest BCUT2D eigenvalue weighted by Crippen LogP contribution is 2.26. The maximum Gasteiger partial charge on any atom is 0.326 e. The average molecular weight is 558 g/mol. The Morgan fingerprint density at radius 3 is 2.28 bits per heavy atom. The van der Waals surface area contributed by atoms with Crippen molar-refractivity contribution in [2.45, 2.75) is 56.0 Å². The third-order valence-corrected chi connectivity index (χ3v) is 7.98. The highest BCUT2D eigenvalue weighted by atomic mass is 32.2. The molecular weight excluding hydrogens is 526 g/mol. The predicted molar refractivity (Wildman–Crippen MR) is 142 cm³/mol. The summed E-state index contributed by atoms with van der Waals surface area (Å²) in [6.07, 6.45) is 0.539. The molecule has 3 rings (SSSR count). The van der Waals surface area contributed by atoms with E-state index in [1.54, 1.807) is 42.5 Å². The van der Waals surface area contributed by atoms with E-state index in [9.17, 15) is 32.7 Å². The summed E-state index contributed by atoms with van der Waals surface area (Å²) >= 11 is 0. The number of hydrogen-bond acceptors (Lipinski definition) is 7. The number of aliphatic carboxylic acids is 1. The third-order valence-electron chi connectivity index (χ3n) is 6.05. The highest BCUT2D eigenvalue weighted by Gasteiger charge is 2.40. The minimum absolute atomic E-state index is 0.00959. The second kappa shape index (κ2) is 13.1. The molecule has 1 aliphatic heterocycles. The van der Waals surface area contributed by atoms with Gasteiger partial charge in [0, 0.05) is 31.5 Å². The predicted octanol–water partition coefficient (Wildman–Crippen LogP) is 1.48. The van der Waals surface area contributed by atoms with Gasteiger partial charge in [-0.25, -0.2) is 13.2 Å². The van der Waals surface area contributed by atoms with Crippen LogP contribution in [-0.2, 0) is 35.6 Å². The first-order chi connectivity index (χ1) is 18.5. The second-order valence-corrected chi connectivity index (χ2v) is 11.0. The zero-order valence-electron chi connectivity index (χ0n) is 21.3. The monoisotopic (exact) mass is 557 g/mol. The molecule has 39 heavy (non-hydrogen) atoms. The summed E-state index contributed by atoms with van der Waals surface area (Å²) in [7, 11) is -3.92. The van der Waals surface area contributed by atoms with Gasteiger partial charge in [0.25, 0.3) is 0 Å². The van der Waals surface area contributed by atoms with Gasteiger partial charge >= 0.3 is 5.97 Å². The fourth-order valence-electron chi connectivity index (χ4n) is 4.17. The number of amidine groups is 1. The molecule has 3 amide bonds. The molecule has 0 aliphatic carbocycles. The van der Waals surface area contributed by atoms with Crippen molar-refractivity contribution < 1.29 is 32.7 Å². The minimum Gasteiger partial charge on any atom is -0.480 e. The maximum atomic E-state index is 13.1. The summed E-state index contributed by atoms with van der Waals surface area (Å²) in [6, 6.07) is 11.8. The number of anilines is 1. The van der Waals surface area contributed by atoms with Crippen molar-refractivity contribution in [1.82, 2.24) is 14.9 Å². The number of amides is 3. The zero-order valence-corrected chi connectivity index (χ0v) is 22.2. The van der Waals surface area contributed by atoms with Crippen LogP contribution in [-0.4, -0.2) is 66.0 Å². The first-order valence-electron chi connectivity index (χ1n) is 12.3. The number of nitrogens with zero attached hydrogens (tertiary/aromatic N) is 1. The fraction of sp³-hybridized carbons (Fsp3) is 0.346. The smallest absolute Gasteiger partial charge is 0.326 e. The van der Waals surface area contributed by atoms with Crippen molar-refractivity contribution >= 4 is 45.2 Å². The molecule has 2 atom stereocenters. The molecule has 0 aromatic heterocycles. The Morgan fingerprint density at radius 1 is 1.03 bits per heavy atom. The number of carbonyl (C=O) groups excluding carboxylic acids is 3. The average Bonchev–Trinajstić information content (AvgIpc) is 3.39. The highest BCUT2D eigenvalue weighted by molar-refractivity contribution is 7.89. The van der Waals surface area contributed by atoms with Crippen molar-refractivity contribution in [3.8, 4) is 0 Å². The summed E-state index contributed by atoms with van der Waals surface area (Å²) in [5.41, 5.74) is 1.01. The molecule has 2 aromatic rings. The van der Waals surface area contributed by atoms with E-state index in [1.807, 2.05) is 0 Å². The van der Waals surface area contributed by atoms with Crippen LogP contribution in [0.2, 0.25) is 0 Å². The summed E-state index contributed by atoms with van der Waals surface area (Å²) < 4.78 is 27.2. The van der Waals surface area contributed by atoms with Gasteiger partial charge in [0.05, 0.1) is 10.7 Å². The molecule has 5 N–H and O–H groups in total. The number of nitrogens with one attached hydrogen (secondary N) is 4. The van der Waals surface area contributed by atoms with E-state index in [2.05, 4.69) is 16.0 Å². The van der Waals surface area contributed by atoms with Gasteiger partial charge in [-0.15, -0.1) is 0 Å². The van der Waals surface area contributed by atoms with Crippen LogP contribution in [0.25, 0.3) is 0 Å².